The summed E-state index contributed by atoms with van der Waals surface area (Å²) in [5, 5.41) is 7.25. The topological polar surface area (TPSA) is 41.0 Å². The van der Waals surface area contributed by atoms with Crippen LogP contribution in [0.3, 0.4) is 0 Å². The summed E-state index contributed by atoms with van der Waals surface area (Å²) in [6, 6.07) is 10.3. The summed E-state index contributed by atoms with van der Waals surface area (Å²) in [6.07, 6.45) is 2.85. The lowest BCUT2D eigenvalue weighted by molar-refractivity contribution is 0.316. The van der Waals surface area contributed by atoms with Gasteiger partial charge in [0, 0.05) is 47.2 Å². The molecule has 3 aromatic rings. The van der Waals surface area contributed by atoms with Gasteiger partial charge in [-0.1, -0.05) is 39.3 Å². The van der Waals surface area contributed by atoms with Crippen molar-refractivity contribution in [2.45, 2.75) is 34.1 Å². The first-order valence-electron chi connectivity index (χ1n) is 10.7. The molecular weight excluding hydrogens is 412 g/mol. The highest BCUT2D eigenvalue weighted by Gasteiger charge is 2.11. The van der Waals surface area contributed by atoms with Crippen LogP contribution in [0.25, 0.3) is 21.8 Å². The van der Waals surface area contributed by atoms with Crippen LogP contribution in [0.4, 0.5) is 5.69 Å². The highest BCUT2D eigenvalue weighted by molar-refractivity contribution is 7.13. The van der Waals surface area contributed by atoms with Crippen molar-refractivity contribution >= 4 is 28.6 Å². The normalized spacial score (nSPS) is 11.4. The first-order valence-corrected chi connectivity index (χ1v) is 11.9. The van der Waals surface area contributed by atoms with Crippen molar-refractivity contribution < 1.29 is 0 Å². The molecular formula is C24H31ClN4S. The Morgan fingerprint density at radius 2 is 1.93 bits per heavy atom. The molecule has 1 N–H and O–H groups in total. The molecule has 2 aromatic heterocycles. The van der Waals surface area contributed by atoms with Crippen LogP contribution in [-0.4, -0.2) is 41.0 Å². The monoisotopic (exact) mass is 442 g/mol. The van der Waals surface area contributed by atoms with Crippen LogP contribution in [0.15, 0.2) is 41.9 Å². The van der Waals surface area contributed by atoms with Crippen molar-refractivity contribution in [1.82, 2.24) is 14.9 Å². The molecule has 0 unspecified atom stereocenters. The number of anilines is 1. The van der Waals surface area contributed by atoms with E-state index >= 15 is 0 Å². The third kappa shape index (κ3) is 6.03. The molecule has 0 aliphatic rings. The Balaban J connectivity index is 1.71. The molecule has 0 amide bonds. The van der Waals surface area contributed by atoms with Gasteiger partial charge in [-0.3, -0.25) is 4.98 Å². The fourth-order valence-electron chi connectivity index (χ4n) is 3.40. The highest BCUT2D eigenvalue weighted by Crippen LogP contribution is 2.34. The van der Waals surface area contributed by atoms with Crippen LogP contribution in [0.5, 0.6) is 0 Å². The average molecular weight is 443 g/mol. The maximum atomic E-state index is 6.60. The van der Waals surface area contributed by atoms with E-state index in [1.165, 1.54) is 0 Å². The number of likely N-dealkylation sites (N-methyl/N-ethyl adjacent to an activating group) is 1. The minimum atomic E-state index is 0.581. The number of halogens is 1. The molecule has 3 rings (SSSR count). The van der Waals surface area contributed by atoms with Crippen LogP contribution in [0, 0.1) is 5.92 Å². The van der Waals surface area contributed by atoms with Crippen molar-refractivity contribution in [3.8, 4) is 21.8 Å². The fraction of sp³-hybridized carbons (Fsp3) is 0.417. The number of hydrogen-bond acceptors (Lipinski definition) is 5. The molecule has 0 bridgehead atoms. The van der Waals surface area contributed by atoms with E-state index in [2.05, 4.69) is 66.5 Å². The SMILES string of the molecule is CCN(CC)CCNc1ccc(-c2csc(-c3ccnc(CC(C)C)c3)n2)c(Cl)c1. The van der Waals surface area contributed by atoms with Crippen molar-refractivity contribution in [2.75, 3.05) is 31.5 Å². The predicted molar refractivity (Wildman–Crippen MR) is 131 cm³/mol. The van der Waals surface area contributed by atoms with E-state index in [0.717, 1.165) is 70.8 Å². The van der Waals surface area contributed by atoms with E-state index in [1.807, 2.05) is 18.3 Å². The zero-order valence-corrected chi connectivity index (χ0v) is 19.9. The predicted octanol–water partition coefficient (Wildman–Crippen LogP) is 6.48. The molecule has 160 valence electrons. The Morgan fingerprint density at radius 1 is 1.13 bits per heavy atom. The molecule has 0 spiro atoms. The first kappa shape index (κ1) is 22.7. The zero-order valence-electron chi connectivity index (χ0n) is 18.3. The molecule has 2 heterocycles. The van der Waals surface area contributed by atoms with Crippen LogP contribution in [0.2, 0.25) is 5.02 Å². The van der Waals surface area contributed by atoms with Gasteiger partial charge in [-0.05, 0) is 55.8 Å². The Labute approximate surface area is 189 Å². The Morgan fingerprint density at radius 3 is 2.63 bits per heavy atom. The number of pyridine rings is 1. The first-order chi connectivity index (χ1) is 14.5. The second kappa shape index (κ2) is 10.9. The lowest BCUT2D eigenvalue weighted by Gasteiger charge is -2.18. The van der Waals surface area contributed by atoms with Gasteiger partial charge in [0.05, 0.1) is 10.7 Å². The number of thiazole rings is 1. The molecule has 6 heteroatoms. The van der Waals surface area contributed by atoms with Gasteiger partial charge in [0.1, 0.15) is 5.01 Å². The number of nitrogens with zero attached hydrogens (tertiary/aromatic N) is 3. The molecule has 1 aromatic carbocycles. The fourth-order valence-corrected chi connectivity index (χ4v) is 4.50. The summed E-state index contributed by atoms with van der Waals surface area (Å²) < 4.78 is 0. The van der Waals surface area contributed by atoms with E-state index in [4.69, 9.17) is 16.6 Å². The van der Waals surface area contributed by atoms with Crippen molar-refractivity contribution in [3.05, 3.63) is 52.6 Å². The third-order valence-electron chi connectivity index (χ3n) is 5.08. The van der Waals surface area contributed by atoms with Crippen LogP contribution in [-0.2, 0) is 6.42 Å². The van der Waals surface area contributed by atoms with E-state index in [-0.39, 0.29) is 0 Å². The van der Waals surface area contributed by atoms with E-state index in [9.17, 15) is 0 Å². The van der Waals surface area contributed by atoms with Gasteiger partial charge >= 0.3 is 0 Å². The summed E-state index contributed by atoms with van der Waals surface area (Å²) in [6.45, 7) is 12.9. The van der Waals surface area contributed by atoms with Gasteiger partial charge in [0.25, 0.3) is 0 Å². The number of hydrogen-bond donors (Lipinski definition) is 1. The Bertz CT molecular complexity index is 950. The minimum absolute atomic E-state index is 0.581. The summed E-state index contributed by atoms with van der Waals surface area (Å²) in [4.78, 5) is 11.7. The molecule has 30 heavy (non-hydrogen) atoms. The Hall–Kier alpha value is -1.95. The van der Waals surface area contributed by atoms with Crippen molar-refractivity contribution in [2.24, 2.45) is 5.92 Å². The maximum Gasteiger partial charge on any atom is 0.124 e. The molecule has 0 saturated carbocycles. The smallest absolute Gasteiger partial charge is 0.124 e. The van der Waals surface area contributed by atoms with Crippen LogP contribution < -0.4 is 5.32 Å². The van der Waals surface area contributed by atoms with Crippen molar-refractivity contribution in [1.29, 1.82) is 0 Å². The summed E-state index contributed by atoms with van der Waals surface area (Å²) in [5.41, 5.74) is 5.14. The molecule has 0 fully saturated rings. The van der Waals surface area contributed by atoms with Gasteiger partial charge in [-0.25, -0.2) is 4.98 Å². The van der Waals surface area contributed by atoms with Crippen LogP contribution in [0.1, 0.15) is 33.4 Å². The zero-order chi connectivity index (χ0) is 21.5. The van der Waals surface area contributed by atoms with Crippen LogP contribution >= 0.6 is 22.9 Å². The number of rotatable bonds is 10. The number of benzene rings is 1. The minimum Gasteiger partial charge on any atom is -0.384 e. The van der Waals surface area contributed by atoms with Gasteiger partial charge in [0.2, 0.25) is 0 Å². The average Bonchev–Trinajstić information content (AvgIpc) is 3.21. The summed E-state index contributed by atoms with van der Waals surface area (Å²) >= 11 is 8.24. The lowest BCUT2D eigenvalue weighted by Crippen LogP contribution is -2.28. The van der Waals surface area contributed by atoms with Gasteiger partial charge in [-0.2, -0.15) is 0 Å². The molecule has 0 aliphatic carbocycles. The summed E-state index contributed by atoms with van der Waals surface area (Å²) in [7, 11) is 0. The second-order valence-corrected chi connectivity index (χ2v) is 9.09. The van der Waals surface area contributed by atoms with Gasteiger partial charge < -0.3 is 10.2 Å². The number of nitrogens with one attached hydrogen (secondary N) is 1. The molecule has 0 aliphatic heterocycles. The van der Waals surface area contributed by atoms with E-state index < -0.39 is 0 Å². The highest BCUT2D eigenvalue weighted by atomic mass is 35.5. The lowest BCUT2D eigenvalue weighted by atomic mass is 10.1. The number of aromatic nitrogens is 2. The van der Waals surface area contributed by atoms with Crippen molar-refractivity contribution in [3.63, 3.8) is 0 Å². The van der Waals surface area contributed by atoms with Gasteiger partial charge in [-0.15, -0.1) is 11.3 Å². The molecule has 0 saturated heterocycles. The quantitative estimate of drug-likeness (QED) is 0.390. The molecule has 0 atom stereocenters. The van der Waals surface area contributed by atoms with E-state index in [1.54, 1.807) is 11.3 Å². The maximum absolute atomic E-state index is 6.60. The van der Waals surface area contributed by atoms with E-state index in [0.29, 0.717) is 5.92 Å². The van der Waals surface area contributed by atoms with Gasteiger partial charge in [0.15, 0.2) is 0 Å². The second-order valence-electron chi connectivity index (χ2n) is 7.82. The third-order valence-corrected chi connectivity index (χ3v) is 6.29. The Kier molecular flexibility index (Phi) is 8.25. The standard InChI is InChI=1S/C24H31ClN4S/c1-5-29(6-2)12-11-27-19-7-8-21(22(25)15-19)23-16-30-24(28-23)18-9-10-26-20(14-18)13-17(3)4/h7-10,14-17,27H,5-6,11-13H2,1-4H3. The molecule has 0 radical (unpaired) electrons. The summed E-state index contributed by atoms with van der Waals surface area (Å²) in [5.74, 6) is 0.581. The molecule has 4 nitrogen and oxygen atoms in total. The largest absolute Gasteiger partial charge is 0.384 e.